The number of esters is 1. The Kier molecular flexibility index (Phi) is 5.48. The van der Waals surface area contributed by atoms with Gasteiger partial charge in [0.15, 0.2) is 5.78 Å². The largest absolute Gasteiger partial charge is 0.462 e. The Labute approximate surface area is 208 Å². The number of ether oxygens (including phenoxy) is 1. The van der Waals surface area contributed by atoms with E-state index in [4.69, 9.17) is 22.1 Å². The van der Waals surface area contributed by atoms with E-state index in [-0.39, 0.29) is 35.8 Å². The standard InChI is InChI=1S/C27H26ClN3O4/c1-4-35-25(33)23-24(29)31(19-13-12-15(2)14-17(19)28)20-10-7-11-21(32)22(20)27(23)16-8-5-6-9-18(16)30(3)26(27)34/h5-6,8-9,12-14H,4,7,10-11,29H2,1-3H3. The number of allylic oxidation sites excluding steroid dienone is 1. The summed E-state index contributed by atoms with van der Waals surface area (Å²) in [6.07, 6.45) is 1.37. The predicted molar refractivity (Wildman–Crippen MR) is 134 cm³/mol. The Hall–Kier alpha value is -3.58. The van der Waals surface area contributed by atoms with Gasteiger partial charge in [-0.05, 0) is 50.5 Å². The maximum Gasteiger partial charge on any atom is 0.339 e. The number of carbonyl (C=O) groups is 3. The highest BCUT2D eigenvalue weighted by Crippen LogP contribution is 2.57. The topological polar surface area (TPSA) is 92.9 Å². The minimum absolute atomic E-state index is 0.0427. The molecule has 5 rings (SSSR count). The predicted octanol–water partition coefficient (Wildman–Crippen LogP) is 4.12. The van der Waals surface area contributed by atoms with E-state index in [1.54, 1.807) is 43.1 Å². The van der Waals surface area contributed by atoms with Crippen molar-refractivity contribution in [1.29, 1.82) is 0 Å². The van der Waals surface area contributed by atoms with Crippen molar-refractivity contribution in [3.63, 3.8) is 0 Å². The third kappa shape index (κ3) is 3.07. The van der Waals surface area contributed by atoms with Crippen LogP contribution >= 0.6 is 11.6 Å². The van der Waals surface area contributed by atoms with Crippen molar-refractivity contribution in [2.75, 3.05) is 23.5 Å². The zero-order chi connectivity index (χ0) is 25.1. The molecule has 0 radical (unpaired) electrons. The van der Waals surface area contributed by atoms with Crippen molar-refractivity contribution in [3.8, 4) is 0 Å². The molecule has 2 aliphatic heterocycles. The Morgan fingerprint density at radius 1 is 1.14 bits per heavy atom. The number of carbonyl (C=O) groups excluding carboxylic acids is 3. The SMILES string of the molecule is CCOC(=O)C1=C(N)N(c2ccc(C)cc2Cl)C2=C(C(=O)CCC2)C12C(=O)N(C)c1ccccc12. The van der Waals surface area contributed by atoms with Crippen LogP contribution in [0.4, 0.5) is 11.4 Å². The van der Waals surface area contributed by atoms with E-state index in [2.05, 4.69) is 0 Å². The van der Waals surface area contributed by atoms with Gasteiger partial charge in [-0.15, -0.1) is 0 Å². The molecule has 2 aromatic carbocycles. The second-order valence-electron chi connectivity index (χ2n) is 9.00. The average molecular weight is 492 g/mol. The van der Waals surface area contributed by atoms with Gasteiger partial charge in [-0.3, -0.25) is 14.5 Å². The van der Waals surface area contributed by atoms with Crippen molar-refractivity contribution in [3.05, 3.63) is 81.3 Å². The summed E-state index contributed by atoms with van der Waals surface area (Å²) in [6.45, 7) is 3.69. The highest BCUT2D eigenvalue weighted by molar-refractivity contribution is 6.33. The van der Waals surface area contributed by atoms with Crippen LogP contribution in [0, 0.1) is 6.92 Å². The average Bonchev–Trinajstić information content (AvgIpc) is 3.03. The minimum Gasteiger partial charge on any atom is -0.462 e. The molecule has 0 aromatic heterocycles. The van der Waals surface area contributed by atoms with Crippen LogP contribution in [0.3, 0.4) is 0 Å². The molecule has 1 unspecified atom stereocenters. The van der Waals surface area contributed by atoms with Gasteiger partial charge in [0.05, 0.1) is 17.3 Å². The minimum atomic E-state index is -1.68. The second-order valence-corrected chi connectivity index (χ2v) is 9.41. The summed E-state index contributed by atoms with van der Waals surface area (Å²) in [6, 6.07) is 12.7. The van der Waals surface area contributed by atoms with E-state index in [0.29, 0.717) is 40.5 Å². The molecule has 3 aliphatic rings. The van der Waals surface area contributed by atoms with Crippen molar-refractivity contribution in [2.24, 2.45) is 5.73 Å². The molecule has 0 saturated heterocycles. The number of benzene rings is 2. The molecule has 1 aliphatic carbocycles. The van der Waals surface area contributed by atoms with E-state index >= 15 is 0 Å². The summed E-state index contributed by atoms with van der Waals surface area (Å²) in [5.41, 5.74) is 8.61. The van der Waals surface area contributed by atoms with E-state index in [0.717, 1.165) is 5.56 Å². The number of ketones is 1. The summed E-state index contributed by atoms with van der Waals surface area (Å²) in [5.74, 6) is -1.28. The first kappa shape index (κ1) is 23.2. The van der Waals surface area contributed by atoms with Gasteiger partial charge in [-0.1, -0.05) is 35.9 Å². The molecule has 1 amide bonds. The lowest BCUT2D eigenvalue weighted by Gasteiger charge is -2.44. The van der Waals surface area contributed by atoms with Crippen LogP contribution in [0.15, 0.2) is 65.1 Å². The Balaban J connectivity index is 1.92. The lowest BCUT2D eigenvalue weighted by molar-refractivity contribution is -0.140. The Morgan fingerprint density at radius 3 is 2.60 bits per heavy atom. The van der Waals surface area contributed by atoms with Crippen molar-refractivity contribution in [2.45, 2.75) is 38.5 Å². The molecule has 2 heterocycles. The van der Waals surface area contributed by atoms with Crippen LogP contribution in [-0.4, -0.2) is 31.3 Å². The number of hydrogen-bond acceptors (Lipinski definition) is 6. The van der Waals surface area contributed by atoms with Gasteiger partial charge < -0.3 is 15.4 Å². The van der Waals surface area contributed by atoms with Crippen LogP contribution in [0.2, 0.25) is 5.02 Å². The van der Waals surface area contributed by atoms with Crippen molar-refractivity contribution >= 4 is 40.6 Å². The van der Waals surface area contributed by atoms with E-state index in [1.165, 1.54) is 4.90 Å². The molecule has 0 bridgehead atoms. The van der Waals surface area contributed by atoms with E-state index in [9.17, 15) is 14.4 Å². The number of fused-ring (bicyclic) bond motifs is 3. The number of anilines is 2. The lowest BCUT2D eigenvalue weighted by atomic mass is 9.63. The Bertz CT molecular complexity index is 1360. The number of amides is 1. The van der Waals surface area contributed by atoms with Gasteiger partial charge in [-0.25, -0.2) is 4.79 Å². The fourth-order valence-corrected chi connectivity index (χ4v) is 5.94. The second kappa shape index (κ2) is 8.27. The molecule has 0 fully saturated rings. The molecular formula is C27H26ClN3O4. The van der Waals surface area contributed by atoms with Gasteiger partial charge in [0.2, 0.25) is 5.91 Å². The summed E-state index contributed by atoms with van der Waals surface area (Å²) in [4.78, 5) is 44.6. The van der Waals surface area contributed by atoms with Gasteiger partial charge in [0.25, 0.3) is 0 Å². The third-order valence-electron chi connectivity index (χ3n) is 7.02. The normalized spacial score (nSPS) is 21.6. The molecule has 180 valence electrons. The zero-order valence-electron chi connectivity index (χ0n) is 19.9. The van der Waals surface area contributed by atoms with Crippen LogP contribution in [0.5, 0.6) is 0 Å². The monoisotopic (exact) mass is 491 g/mol. The maximum absolute atomic E-state index is 14.2. The van der Waals surface area contributed by atoms with Gasteiger partial charge >= 0.3 is 5.97 Å². The van der Waals surface area contributed by atoms with Crippen molar-refractivity contribution < 1.29 is 19.1 Å². The first-order valence-corrected chi connectivity index (χ1v) is 12.0. The summed E-state index contributed by atoms with van der Waals surface area (Å²) in [5, 5.41) is 0.423. The third-order valence-corrected chi connectivity index (χ3v) is 7.32. The molecule has 2 aromatic rings. The van der Waals surface area contributed by atoms with Crippen LogP contribution in [0.1, 0.15) is 37.3 Å². The molecule has 35 heavy (non-hydrogen) atoms. The molecule has 7 nitrogen and oxygen atoms in total. The number of aryl methyl sites for hydroxylation is 1. The summed E-state index contributed by atoms with van der Waals surface area (Å²) in [7, 11) is 1.64. The van der Waals surface area contributed by atoms with Crippen LogP contribution in [-0.2, 0) is 24.5 Å². The number of rotatable bonds is 3. The number of halogens is 1. The quantitative estimate of drug-likeness (QED) is 0.649. The highest BCUT2D eigenvalue weighted by atomic mass is 35.5. The fraction of sp³-hybridized carbons (Fsp3) is 0.296. The molecule has 1 spiro atoms. The summed E-state index contributed by atoms with van der Waals surface area (Å²) >= 11 is 6.65. The van der Waals surface area contributed by atoms with Gasteiger partial charge in [0.1, 0.15) is 16.8 Å². The first-order valence-electron chi connectivity index (χ1n) is 11.6. The lowest BCUT2D eigenvalue weighted by Crippen LogP contribution is -2.54. The maximum atomic E-state index is 14.2. The number of nitrogens with zero attached hydrogens (tertiary/aromatic N) is 2. The highest BCUT2D eigenvalue weighted by Gasteiger charge is 2.63. The van der Waals surface area contributed by atoms with Gasteiger partial charge in [-0.2, -0.15) is 0 Å². The van der Waals surface area contributed by atoms with Crippen molar-refractivity contribution in [1.82, 2.24) is 0 Å². The number of nitrogens with two attached hydrogens (primary N) is 1. The zero-order valence-corrected chi connectivity index (χ0v) is 20.6. The van der Waals surface area contributed by atoms with E-state index in [1.807, 2.05) is 25.1 Å². The van der Waals surface area contributed by atoms with E-state index < -0.39 is 17.3 Å². The fourth-order valence-electron chi connectivity index (χ4n) is 5.62. The number of Topliss-reactive ketones (excluding diaryl/α,β-unsaturated/α-hetero) is 1. The Morgan fingerprint density at radius 2 is 1.89 bits per heavy atom. The number of para-hydroxylation sites is 1. The number of likely N-dealkylation sites (N-methyl/N-ethyl adjacent to an activating group) is 1. The number of hydrogen-bond donors (Lipinski definition) is 1. The van der Waals surface area contributed by atoms with Gasteiger partial charge in [0, 0.05) is 36.0 Å². The molecule has 1 atom stereocenters. The summed E-state index contributed by atoms with van der Waals surface area (Å²) < 4.78 is 5.44. The smallest absolute Gasteiger partial charge is 0.339 e. The molecule has 2 N–H and O–H groups in total. The molecule has 0 saturated carbocycles. The molecular weight excluding hydrogens is 466 g/mol. The first-order chi connectivity index (χ1) is 16.7. The molecule has 8 heteroatoms. The van der Waals surface area contributed by atoms with Crippen LogP contribution < -0.4 is 15.5 Å². The van der Waals surface area contributed by atoms with Crippen LogP contribution in [0.25, 0.3) is 0 Å².